The van der Waals surface area contributed by atoms with Crippen LogP contribution in [0.1, 0.15) is 33.6 Å². The van der Waals surface area contributed by atoms with Crippen molar-refractivity contribution in [2.24, 2.45) is 5.92 Å². The van der Waals surface area contributed by atoms with Crippen molar-refractivity contribution in [1.29, 1.82) is 0 Å². The van der Waals surface area contributed by atoms with Crippen molar-refractivity contribution in [3.63, 3.8) is 0 Å². The van der Waals surface area contributed by atoms with Crippen LogP contribution >= 0.6 is 22.9 Å². The molecule has 1 aliphatic rings. The van der Waals surface area contributed by atoms with Gasteiger partial charge in [-0.1, -0.05) is 23.7 Å². The molecule has 3 heterocycles. The Bertz CT molecular complexity index is 1000. The summed E-state index contributed by atoms with van der Waals surface area (Å²) in [4.78, 5) is 32.3. The van der Waals surface area contributed by atoms with Crippen LogP contribution in [0.25, 0.3) is 0 Å². The van der Waals surface area contributed by atoms with E-state index in [0.717, 1.165) is 23.3 Å². The maximum Gasteiger partial charge on any atom is 0.257 e. The molecule has 6 nitrogen and oxygen atoms in total. The van der Waals surface area contributed by atoms with E-state index in [1.54, 1.807) is 17.2 Å². The number of anilines is 1. The average Bonchev–Trinajstić information content (AvgIpc) is 3.40. The fourth-order valence-corrected chi connectivity index (χ4v) is 4.51. The van der Waals surface area contributed by atoms with Gasteiger partial charge in [-0.3, -0.25) is 9.59 Å². The van der Waals surface area contributed by atoms with E-state index >= 15 is 0 Å². The second kappa shape index (κ2) is 8.80. The number of carbonyl (C=O) groups is 2. The number of amides is 2. The van der Waals surface area contributed by atoms with Crippen LogP contribution in [0.4, 0.5) is 5.13 Å². The monoisotopic (exact) mass is 429 g/mol. The van der Waals surface area contributed by atoms with E-state index in [0.29, 0.717) is 35.2 Å². The van der Waals surface area contributed by atoms with Crippen molar-refractivity contribution < 1.29 is 14.0 Å². The zero-order valence-electron chi connectivity index (χ0n) is 15.6. The molecule has 3 aromatic rings. The summed E-state index contributed by atoms with van der Waals surface area (Å²) in [6, 6.07) is 9.34. The summed E-state index contributed by atoms with van der Waals surface area (Å²) in [5.74, 6) is -0.451. The minimum Gasteiger partial charge on any atom is -0.472 e. The smallest absolute Gasteiger partial charge is 0.257 e. The Labute approximate surface area is 177 Å². The Morgan fingerprint density at radius 3 is 3.03 bits per heavy atom. The number of likely N-dealkylation sites (tertiary alicyclic amines) is 1. The highest BCUT2D eigenvalue weighted by atomic mass is 35.5. The van der Waals surface area contributed by atoms with Crippen molar-refractivity contribution in [3.8, 4) is 0 Å². The van der Waals surface area contributed by atoms with Gasteiger partial charge in [0.05, 0.1) is 17.7 Å². The Morgan fingerprint density at radius 2 is 2.24 bits per heavy atom. The Morgan fingerprint density at radius 1 is 1.34 bits per heavy atom. The van der Waals surface area contributed by atoms with E-state index in [9.17, 15) is 9.59 Å². The molecule has 8 heteroatoms. The summed E-state index contributed by atoms with van der Waals surface area (Å²) in [7, 11) is 0. The molecule has 1 atom stereocenters. The predicted molar refractivity (Wildman–Crippen MR) is 112 cm³/mol. The lowest BCUT2D eigenvalue weighted by molar-refractivity contribution is -0.121. The molecule has 1 fully saturated rings. The number of hydrogen-bond acceptors (Lipinski definition) is 5. The Balaban J connectivity index is 1.35. The maximum absolute atomic E-state index is 12.7. The van der Waals surface area contributed by atoms with Crippen molar-refractivity contribution in [2.75, 3.05) is 18.4 Å². The minimum absolute atomic E-state index is 0.0988. The van der Waals surface area contributed by atoms with E-state index in [2.05, 4.69) is 10.3 Å². The summed E-state index contributed by atoms with van der Waals surface area (Å²) >= 11 is 7.49. The number of piperidine rings is 1. The highest BCUT2D eigenvalue weighted by Gasteiger charge is 2.29. The number of furan rings is 1. The number of benzene rings is 1. The molecule has 0 aliphatic carbocycles. The number of nitrogens with zero attached hydrogens (tertiary/aromatic N) is 2. The summed E-state index contributed by atoms with van der Waals surface area (Å²) in [6.07, 6.45) is 6.94. The molecule has 2 amide bonds. The lowest BCUT2D eigenvalue weighted by Gasteiger charge is -2.31. The number of thiazole rings is 1. The van der Waals surface area contributed by atoms with Gasteiger partial charge in [0.1, 0.15) is 6.26 Å². The molecule has 0 spiro atoms. The largest absolute Gasteiger partial charge is 0.472 e. The third kappa shape index (κ3) is 4.86. The molecule has 29 heavy (non-hydrogen) atoms. The van der Waals surface area contributed by atoms with Crippen LogP contribution in [0.15, 0.2) is 53.5 Å². The first-order valence-corrected chi connectivity index (χ1v) is 10.6. The van der Waals surface area contributed by atoms with Gasteiger partial charge in [-0.2, -0.15) is 0 Å². The molecule has 0 bridgehead atoms. The number of nitrogens with one attached hydrogen (secondary N) is 1. The lowest BCUT2D eigenvalue weighted by atomic mass is 9.97. The first-order valence-electron chi connectivity index (χ1n) is 9.40. The molecule has 0 radical (unpaired) electrons. The molecule has 1 saturated heterocycles. The van der Waals surface area contributed by atoms with Crippen LogP contribution in [0.2, 0.25) is 5.02 Å². The molecule has 150 valence electrons. The fraction of sp³-hybridized carbons (Fsp3) is 0.286. The van der Waals surface area contributed by atoms with E-state index < -0.39 is 0 Å². The van der Waals surface area contributed by atoms with Gasteiger partial charge < -0.3 is 14.6 Å². The number of rotatable bonds is 5. The van der Waals surface area contributed by atoms with Gasteiger partial charge >= 0.3 is 0 Å². The van der Waals surface area contributed by atoms with E-state index in [4.69, 9.17) is 16.0 Å². The molecule has 1 N–H and O–H groups in total. The maximum atomic E-state index is 12.7. The summed E-state index contributed by atoms with van der Waals surface area (Å²) in [6.45, 7) is 1.05. The minimum atomic E-state index is -0.250. The third-order valence-electron chi connectivity index (χ3n) is 4.90. The van der Waals surface area contributed by atoms with Crippen LogP contribution in [-0.2, 0) is 11.2 Å². The van der Waals surface area contributed by atoms with Gasteiger partial charge in [0.25, 0.3) is 5.91 Å². The molecule has 1 unspecified atom stereocenters. The molecule has 0 saturated carbocycles. The second-order valence-corrected chi connectivity index (χ2v) is 8.58. The Kier molecular flexibility index (Phi) is 5.97. The van der Waals surface area contributed by atoms with Crippen LogP contribution in [0.5, 0.6) is 0 Å². The van der Waals surface area contributed by atoms with Gasteiger partial charge in [-0.25, -0.2) is 4.98 Å². The number of halogens is 1. The lowest BCUT2D eigenvalue weighted by Crippen LogP contribution is -2.43. The van der Waals surface area contributed by atoms with E-state index in [-0.39, 0.29) is 17.7 Å². The van der Waals surface area contributed by atoms with Crippen molar-refractivity contribution in [1.82, 2.24) is 9.88 Å². The van der Waals surface area contributed by atoms with E-state index in [1.807, 2.05) is 24.3 Å². The van der Waals surface area contributed by atoms with Crippen LogP contribution in [0.3, 0.4) is 0 Å². The van der Waals surface area contributed by atoms with Crippen molar-refractivity contribution in [3.05, 3.63) is 70.1 Å². The van der Waals surface area contributed by atoms with Gasteiger partial charge in [0.2, 0.25) is 5.91 Å². The van der Waals surface area contributed by atoms with Crippen LogP contribution in [0, 0.1) is 5.92 Å². The van der Waals surface area contributed by atoms with Crippen LogP contribution in [-0.4, -0.2) is 34.8 Å². The highest BCUT2D eigenvalue weighted by Crippen LogP contribution is 2.25. The molecule has 2 aromatic heterocycles. The topological polar surface area (TPSA) is 75.4 Å². The SMILES string of the molecule is O=C(Nc1ncc(Cc2cccc(Cl)c2)s1)C1CCCN(C(=O)c2ccoc2)C1. The predicted octanol–water partition coefficient (Wildman–Crippen LogP) is 4.47. The second-order valence-electron chi connectivity index (χ2n) is 7.03. The first kappa shape index (κ1) is 19.7. The van der Waals surface area contributed by atoms with E-state index in [1.165, 1.54) is 23.9 Å². The first-order chi connectivity index (χ1) is 14.1. The number of carbonyl (C=O) groups excluding carboxylic acids is 2. The molecule has 1 aliphatic heterocycles. The fourth-order valence-electron chi connectivity index (χ4n) is 3.45. The normalized spacial score (nSPS) is 16.6. The van der Waals surface area contributed by atoms with Gasteiger partial charge in [-0.15, -0.1) is 11.3 Å². The van der Waals surface area contributed by atoms with Gasteiger partial charge in [-0.05, 0) is 36.6 Å². The highest BCUT2D eigenvalue weighted by molar-refractivity contribution is 7.15. The summed E-state index contributed by atoms with van der Waals surface area (Å²) in [5, 5.41) is 4.18. The van der Waals surface area contributed by atoms with Crippen molar-refractivity contribution in [2.45, 2.75) is 19.3 Å². The molecular weight excluding hydrogens is 410 g/mol. The molecular formula is C21H20ClN3O3S. The number of aromatic nitrogens is 1. The number of hydrogen-bond donors (Lipinski definition) is 1. The zero-order valence-corrected chi connectivity index (χ0v) is 17.2. The van der Waals surface area contributed by atoms with Gasteiger partial charge in [0.15, 0.2) is 5.13 Å². The zero-order chi connectivity index (χ0) is 20.2. The molecule has 1 aromatic carbocycles. The van der Waals surface area contributed by atoms with Crippen LogP contribution < -0.4 is 5.32 Å². The Hall–Kier alpha value is -2.64. The van der Waals surface area contributed by atoms with Crippen molar-refractivity contribution >= 4 is 39.9 Å². The standard InChI is InChI=1S/C21H20ClN3O3S/c22-17-5-1-3-14(9-17)10-18-11-23-21(29-18)24-19(26)15-4-2-7-25(12-15)20(27)16-6-8-28-13-16/h1,3,5-6,8-9,11,13,15H,2,4,7,10,12H2,(H,23,24,26). The van der Waals surface area contributed by atoms with Gasteiger partial charge in [0, 0.05) is 35.6 Å². The summed E-state index contributed by atoms with van der Waals surface area (Å²) < 4.78 is 4.99. The average molecular weight is 430 g/mol. The quantitative estimate of drug-likeness (QED) is 0.649. The third-order valence-corrected chi connectivity index (χ3v) is 6.05. The molecule has 4 rings (SSSR count). The summed E-state index contributed by atoms with van der Waals surface area (Å²) in [5.41, 5.74) is 1.61.